The van der Waals surface area contributed by atoms with Crippen LogP contribution in [0, 0.1) is 0 Å². The number of rotatable bonds is 1. The van der Waals surface area contributed by atoms with Crippen LogP contribution in [0.2, 0.25) is 0 Å². The van der Waals surface area contributed by atoms with Gasteiger partial charge in [0.25, 0.3) is 0 Å². The van der Waals surface area contributed by atoms with Gasteiger partial charge in [-0.05, 0) is 88.0 Å². The fourth-order valence-corrected chi connectivity index (χ4v) is 10.6. The van der Waals surface area contributed by atoms with Gasteiger partial charge in [-0.2, -0.15) is 0 Å². The van der Waals surface area contributed by atoms with Crippen LogP contribution in [0.15, 0.2) is 128 Å². The maximum absolute atomic E-state index is 5.02. The Kier molecular flexibility index (Phi) is 5.42. The van der Waals surface area contributed by atoms with E-state index in [1.165, 1.54) is 88.7 Å². The largest absolute Gasteiger partial charge is 0.310 e. The van der Waals surface area contributed by atoms with Crippen LogP contribution in [0.25, 0.3) is 55.2 Å². The monoisotopic (exact) mass is 697 g/mol. The lowest BCUT2D eigenvalue weighted by molar-refractivity contribution is 0.606. The summed E-state index contributed by atoms with van der Waals surface area (Å²) in [5, 5.41) is 4.89. The zero-order valence-corrected chi connectivity index (χ0v) is 31.4. The normalized spacial score (nSPS) is 16.7. The van der Waals surface area contributed by atoms with Crippen LogP contribution in [0.3, 0.4) is 0 Å². The predicted octanol–water partition coefficient (Wildman–Crippen LogP) is 12.1. The molecule has 0 aliphatic carbocycles. The number of fused-ring (bicyclic) bond motifs is 12. The van der Waals surface area contributed by atoms with Gasteiger partial charge < -0.3 is 4.90 Å². The number of hydrogen-bond acceptors (Lipinski definition) is 3. The SMILES string of the molecule is CC1(C)c2ccccc2N(c2ccc3c(c2)-n2c4ncccc4c4cccc(c42)C3(C)C)c2cc3c(cc21)C(C)(C)c1cccc2c4cccnc4n-3c12. The molecule has 12 rings (SSSR count). The van der Waals surface area contributed by atoms with Crippen molar-refractivity contribution >= 4 is 60.9 Å². The fraction of sp³-hybridized carbons (Fsp3) is 0.184. The third-order valence-corrected chi connectivity index (χ3v) is 13.4. The van der Waals surface area contributed by atoms with E-state index in [0.29, 0.717) is 0 Å². The van der Waals surface area contributed by atoms with Crippen molar-refractivity contribution in [1.29, 1.82) is 0 Å². The van der Waals surface area contributed by atoms with E-state index in [2.05, 4.69) is 171 Å². The second kappa shape index (κ2) is 9.66. The number of para-hydroxylation sites is 3. The van der Waals surface area contributed by atoms with Gasteiger partial charge in [-0.1, -0.05) is 102 Å². The van der Waals surface area contributed by atoms with Crippen molar-refractivity contribution < 1.29 is 0 Å². The quantitative estimate of drug-likeness (QED) is 0.171. The molecule has 5 nitrogen and oxygen atoms in total. The van der Waals surface area contributed by atoms with Gasteiger partial charge in [0.15, 0.2) is 0 Å². The molecule has 3 aliphatic rings. The van der Waals surface area contributed by atoms with Crippen LogP contribution in [-0.2, 0) is 16.2 Å². The van der Waals surface area contributed by atoms with E-state index in [1.54, 1.807) is 0 Å². The molecule has 5 heteroatoms. The molecule has 3 aliphatic heterocycles. The highest BCUT2D eigenvalue weighted by Crippen LogP contribution is 2.57. The van der Waals surface area contributed by atoms with E-state index in [1.807, 2.05) is 12.4 Å². The van der Waals surface area contributed by atoms with Crippen molar-refractivity contribution in [3.05, 3.63) is 161 Å². The zero-order chi connectivity index (χ0) is 36.5. The molecule has 0 amide bonds. The van der Waals surface area contributed by atoms with E-state index in [9.17, 15) is 0 Å². The van der Waals surface area contributed by atoms with Gasteiger partial charge in [0.1, 0.15) is 11.3 Å². The summed E-state index contributed by atoms with van der Waals surface area (Å²) >= 11 is 0. The molecule has 0 saturated heterocycles. The molecule has 0 fully saturated rings. The lowest BCUT2D eigenvalue weighted by atomic mass is 9.69. The van der Waals surface area contributed by atoms with Gasteiger partial charge in [0.05, 0.1) is 33.8 Å². The maximum atomic E-state index is 5.02. The van der Waals surface area contributed by atoms with Crippen LogP contribution < -0.4 is 4.90 Å². The predicted molar refractivity (Wildman–Crippen MR) is 222 cm³/mol. The van der Waals surface area contributed by atoms with Crippen molar-refractivity contribution in [1.82, 2.24) is 19.1 Å². The second-order valence-corrected chi connectivity index (χ2v) is 17.1. The van der Waals surface area contributed by atoms with Crippen LogP contribution >= 0.6 is 0 Å². The number of pyridine rings is 2. The van der Waals surface area contributed by atoms with Gasteiger partial charge in [-0.3, -0.25) is 9.13 Å². The standard InChI is InChI=1S/C49H39N5/c1-47(2)34-22-21-28(25-40(34)53-43-29(13-9-18-35(43)47)31-15-11-23-50-45(31)53)52-39-20-8-7-17-33(39)48(3,4)37-26-38-42(27-41(37)52)54-44-30(32-16-12-24-51-46(32)54)14-10-19-36(44)49(38,5)6/h7-27H,1-6H3. The molecule has 260 valence electrons. The number of aromatic nitrogens is 4. The molecule has 0 saturated carbocycles. The summed E-state index contributed by atoms with van der Waals surface area (Å²) in [4.78, 5) is 12.5. The van der Waals surface area contributed by atoms with E-state index in [4.69, 9.17) is 9.97 Å². The van der Waals surface area contributed by atoms with Crippen molar-refractivity contribution in [3.63, 3.8) is 0 Å². The van der Waals surface area contributed by atoms with Crippen molar-refractivity contribution in [2.24, 2.45) is 0 Å². The Morgan fingerprint density at radius 2 is 0.889 bits per heavy atom. The van der Waals surface area contributed by atoms with E-state index in [0.717, 1.165) is 17.0 Å². The minimum Gasteiger partial charge on any atom is -0.310 e. The van der Waals surface area contributed by atoms with Crippen LogP contribution in [0.1, 0.15) is 74.9 Å². The molecule has 0 bridgehead atoms. The summed E-state index contributed by atoms with van der Waals surface area (Å²) in [6.45, 7) is 14.3. The summed E-state index contributed by atoms with van der Waals surface area (Å²) in [6.07, 6.45) is 3.85. The first-order valence-corrected chi connectivity index (χ1v) is 19.1. The Morgan fingerprint density at radius 1 is 0.389 bits per heavy atom. The zero-order valence-electron chi connectivity index (χ0n) is 31.4. The third kappa shape index (κ3) is 3.43. The Hall–Kier alpha value is -6.20. The molecule has 5 aromatic carbocycles. The average molecular weight is 698 g/mol. The van der Waals surface area contributed by atoms with E-state index < -0.39 is 0 Å². The number of anilines is 3. The first kappa shape index (κ1) is 30.3. The van der Waals surface area contributed by atoms with Crippen molar-refractivity contribution in [3.8, 4) is 11.4 Å². The second-order valence-electron chi connectivity index (χ2n) is 17.1. The number of nitrogens with zero attached hydrogens (tertiary/aromatic N) is 5. The van der Waals surface area contributed by atoms with Crippen LogP contribution in [0.5, 0.6) is 0 Å². The van der Waals surface area contributed by atoms with Gasteiger partial charge in [-0.25, -0.2) is 9.97 Å². The van der Waals surface area contributed by atoms with Crippen LogP contribution in [0.4, 0.5) is 17.1 Å². The fourth-order valence-electron chi connectivity index (χ4n) is 10.6. The topological polar surface area (TPSA) is 38.9 Å². The molecule has 0 unspecified atom stereocenters. The number of benzene rings is 5. The molecule has 54 heavy (non-hydrogen) atoms. The summed E-state index contributed by atoms with van der Waals surface area (Å²) in [7, 11) is 0. The Labute approximate surface area is 314 Å². The van der Waals surface area contributed by atoms with E-state index >= 15 is 0 Å². The summed E-state index contributed by atoms with van der Waals surface area (Å²) in [6, 6.07) is 43.2. The van der Waals surface area contributed by atoms with E-state index in [-0.39, 0.29) is 16.2 Å². The molecule has 0 spiro atoms. The molecule has 0 radical (unpaired) electrons. The molecule has 4 aromatic heterocycles. The van der Waals surface area contributed by atoms with Gasteiger partial charge in [0.2, 0.25) is 0 Å². The highest BCUT2D eigenvalue weighted by atomic mass is 15.2. The summed E-state index contributed by atoms with van der Waals surface area (Å²) < 4.78 is 4.86. The smallest absolute Gasteiger partial charge is 0.145 e. The van der Waals surface area contributed by atoms with Gasteiger partial charge in [0, 0.05) is 55.9 Å². The Bertz CT molecular complexity index is 3150. The Morgan fingerprint density at radius 3 is 1.54 bits per heavy atom. The lowest BCUT2D eigenvalue weighted by Crippen LogP contribution is -2.33. The number of hydrogen-bond donors (Lipinski definition) is 0. The van der Waals surface area contributed by atoms with Crippen LogP contribution in [-0.4, -0.2) is 19.1 Å². The summed E-state index contributed by atoms with van der Waals surface area (Å²) in [5.41, 5.74) is 17.8. The molecule has 0 N–H and O–H groups in total. The average Bonchev–Trinajstić information content (AvgIpc) is 3.70. The molecule has 0 atom stereocenters. The van der Waals surface area contributed by atoms with Crippen molar-refractivity contribution in [2.75, 3.05) is 4.90 Å². The first-order chi connectivity index (χ1) is 26.1. The lowest BCUT2D eigenvalue weighted by Gasteiger charge is -2.45. The molecule has 7 heterocycles. The van der Waals surface area contributed by atoms with Crippen molar-refractivity contribution in [2.45, 2.75) is 57.8 Å². The minimum absolute atomic E-state index is 0.191. The first-order valence-electron chi connectivity index (χ1n) is 19.1. The summed E-state index contributed by atoms with van der Waals surface area (Å²) in [5.74, 6) is 0. The minimum atomic E-state index is -0.237. The van der Waals surface area contributed by atoms with Gasteiger partial charge in [-0.15, -0.1) is 0 Å². The highest BCUT2D eigenvalue weighted by molar-refractivity contribution is 6.12. The van der Waals surface area contributed by atoms with Gasteiger partial charge >= 0.3 is 0 Å². The molecular weight excluding hydrogens is 659 g/mol. The molecular formula is C49H39N5. The third-order valence-electron chi connectivity index (χ3n) is 13.4. The highest BCUT2D eigenvalue weighted by Gasteiger charge is 2.43. The maximum Gasteiger partial charge on any atom is 0.145 e. The molecule has 9 aromatic rings. The Balaban J connectivity index is 1.18.